The van der Waals surface area contributed by atoms with Crippen LogP contribution in [0.5, 0.6) is 0 Å². The van der Waals surface area contributed by atoms with E-state index in [4.69, 9.17) is 22.1 Å². The molecular weight excluding hydrogens is 263 g/mol. The first-order valence-electron chi connectivity index (χ1n) is 5.32. The Labute approximate surface area is 107 Å². The monoisotopic (exact) mass is 276 g/mol. The highest BCUT2D eigenvalue weighted by atomic mass is 32.1. The molecule has 18 heavy (non-hydrogen) atoms. The van der Waals surface area contributed by atoms with Gasteiger partial charge in [0.15, 0.2) is 11.9 Å². The van der Waals surface area contributed by atoms with E-state index in [-0.39, 0.29) is 4.64 Å². The maximum Gasteiger partial charge on any atom is 0.328 e. The SMILES string of the molecule is CC1(F)C(n2ccc(=S)[nH]c2=O)OC(CO)[C@@H]1O. The smallest absolute Gasteiger partial charge is 0.328 e. The molecule has 0 spiro atoms. The summed E-state index contributed by atoms with van der Waals surface area (Å²) >= 11 is 4.77. The number of aromatic nitrogens is 2. The lowest BCUT2D eigenvalue weighted by Crippen LogP contribution is -2.42. The Morgan fingerprint density at radius 3 is 2.89 bits per heavy atom. The topological polar surface area (TPSA) is 87.5 Å². The Morgan fingerprint density at radius 2 is 2.39 bits per heavy atom. The van der Waals surface area contributed by atoms with Crippen LogP contribution in [0.15, 0.2) is 17.1 Å². The molecule has 0 aliphatic carbocycles. The number of rotatable bonds is 2. The summed E-state index contributed by atoms with van der Waals surface area (Å²) in [6.07, 6.45) is -2.61. The van der Waals surface area contributed by atoms with Gasteiger partial charge in [0, 0.05) is 6.20 Å². The Balaban J connectivity index is 2.45. The van der Waals surface area contributed by atoms with Crippen molar-refractivity contribution in [3.05, 3.63) is 27.4 Å². The number of H-pyrrole nitrogens is 1. The van der Waals surface area contributed by atoms with Gasteiger partial charge in [-0.3, -0.25) is 9.55 Å². The molecule has 2 heterocycles. The third-order valence-electron chi connectivity index (χ3n) is 3.00. The lowest BCUT2D eigenvalue weighted by molar-refractivity contribution is -0.0611. The molecule has 2 rings (SSSR count). The molecule has 1 aliphatic rings. The largest absolute Gasteiger partial charge is 0.394 e. The molecule has 1 aromatic heterocycles. The first-order chi connectivity index (χ1) is 8.37. The normalized spacial score (nSPS) is 35.9. The van der Waals surface area contributed by atoms with Gasteiger partial charge in [-0.25, -0.2) is 9.18 Å². The summed E-state index contributed by atoms with van der Waals surface area (Å²) < 4.78 is 20.7. The van der Waals surface area contributed by atoms with Gasteiger partial charge >= 0.3 is 5.69 Å². The second-order valence-electron chi connectivity index (χ2n) is 4.32. The van der Waals surface area contributed by atoms with Gasteiger partial charge in [-0.2, -0.15) is 0 Å². The van der Waals surface area contributed by atoms with Crippen molar-refractivity contribution in [2.24, 2.45) is 0 Å². The molecule has 8 heteroatoms. The van der Waals surface area contributed by atoms with Crippen LogP contribution in [0.4, 0.5) is 4.39 Å². The zero-order valence-corrected chi connectivity index (χ0v) is 10.4. The zero-order valence-electron chi connectivity index (χ0n) is 9.54. The van der Waals surface area contributed by atoms with Gasteiger partial charge in [0.25, 0.3) is 0 Å². The van der Waals surface area contributed by atoms with Crippen molar-refractivity contribution in [1.29, 1.82) is 0 Å². The molecule has 0 radical (unpaired) electrons. The van der Waals surface area contributed by atoms with Crippen LogP contribution in [0.2, 0.25) is 0 Å². The van der Waals surface area contributed by atoms with Crippen molar-refractivity contribution in [3.63, 3.8) is 0 Å². The quantitative estimate of drug-likeness (QED) is 0.656. The molecular formula is C10H13FN2O4S. The molecule has 0 bridgehead atoms. The fourth-order valence-electron chi connectivity index (χ4n) is 1.97. The number of nitrogens with zero attached hydrogens (tertiary/aromatic N) is 1. The molecule has 1 aromatic rings. The highest BCUT2D eigenvalue weighted by Gasteiger charge is 2.54. The van der Waals surface area contributed by atoms with E-state index in [9.17, 15) is 14.3 Å². The fourth-order valence-corrected chi connectivity index (χ4v) is 2.12. The lowest BCUT2D eigenvalue weighted by atomic mass is 9.98. The molecule has 6 nitrogen and oxygen atoms in total. The van der Waals surface area contributed by atoms with Crippen LogP contribution in [-0.2, 0) is 4.74 Å². The van der Waals surface area contributed by atoms with Crippen LogP contribution in [0.1, 0.15) is 13.2 Å². The van der Waals surface area contributed by atoms with Gasteiger partial charge in [0.05, 0.1) is 6.61 Å². The van der Waals surface area contributed by atoms with Crippen molar-refractivity contribution in [3.8, 4) is 0 Å². The van der Waals surface area contributed by atoms with Gasteiger partial charge in [0.1, 0.15) is 16.8 Å². The van der Waals surface area contributed by atoms with Crippen molar-refractivity contribution in [1.82, 2.24) is 9.55 Å². The predicted octanol–water partition coefficient (Wildman–Crippen LogP) is -0.115. The highest BCUT2D eigenvalue weighted by molar-refractivity contribution is 7.71. The Bertz CT molecular complexity index is 555. The Hall–Kier alpha value is -1.09. The summed E-state index contributed by atoms with van der Waals surface area (Å²) in [7, 11) is 0. The molecule has 3 N–H and O–H groups in total. The summed E-state index contributed by atoms with van der Waals surface area (Å²) in [5.41, 5.74) is -2.82. The Kier molecular flexibility index (Phi) is 3.37. The molecule has 0 saturated carbocycles. The molecule has 4 atom stereocenters. The van der Waals surface area contributed by atoms with Gasteiger partial charge in [-0.1, -0.05) is 12.2 Å². The second-order valence-corrected chi connectivity index (χ2v) is 4.76. The number of alkyl halides is 1. The summed E-state index contributed by atoms with van der Waals surface area (Å²) in [6, 6.07) is 1.41. The van der Waals surface area contributed by atoms with Crippen molar-refractivity contribution in [2.45, 2.75) is 31.0 Å². The van der Waals surface area contributed by atoms with Crippen molar-refractivity contribution < 1.29 is 19.3 Å². The number of hydrogen-bond acceptors (Lipinski definition) is 5. The van der Waals surface area contributed by atoms with E-state index < -0.39 is 36.4 Å². The van der Waals surface area contributed by atoms with Crippen LogP contribution in [0, 0.1) is 4.64 Å². The van der Waals surface area contributed by atoms with E-state index in [0.717, 1.165) is 11.5 Å². The Morgan fingerprint density at radius 1 is 1.72 bits per heavy atom. The van der Waals surface area contributed by atoms with E-state index in [1.165, 1.54) is 12.3 Å². The van der Waals surface area contributed by atoms with Crippen LogP contribution in [0.25, 0.3) is 0 Å². The van der Waals surface area contributed by atoms with E-state index >= 15 is 0 Å². The molecule has 0 amide bonds. The predicted molar refractivity (Wildman–Crippen MR) is 62.4 cm³/mol. The van der Waals surface area contributed by atoms with Crippen molar-refractivity contribution in [2.75, 3.05) is 6.61 Å². The summed E-state index contributed by atoms with van der Waals surface area (Å²) in [5.74, 6) is 0. The average Bonchev–Trinajstić information content (AvgIpc) is 2.52. The van der Waals surface area contributed by atoms with E-state index in [0.29, 0.717) is 0 Å². The number of aliphatic hydroxyl groups excluding tert-OH is 2. The molecule has 1 saturated heterocycles. The number of hydrogen-bond donors (Lipinski definition) is 3. The van der Waals surface area contributed by atoms with E-state index in [2.05, 4.69) is 4.98 Å². The minimum Gasteiger partial charge on any atom is -0.394 e. The second kappa shape index (κ2) is 4.54. The van der Waals surface area contributed by atoms with Gasteiger partial charge in [0.2, 0.25) is 0 Å². The van der Waals surface area contributed by atoms with Crippen LogP contribution in [-0.4, -0.2) is 44.2 Å². The van der Waals surface area contributed by atoms with Crippen LogP contribution < -0.4 is 5.69 Å². The van der Waals surface area contributed by atoms with Gasteiger partial charge < -0.3 is 14.9 Å². The van der Waals surface area contributed by atoms with Crippen molar-refractivity contribution >= 4 is 12.2 Å². The number of ether oxygens (including phenoxy) is 1. The zero-order chi connectivity index (χ0) is 13.5. The lowest BCUT2D eigenvalue weighted by Gasteiger charge is -2.24. The molecule has 0 aromatic carbocycles. The summed E-state index contributed by atoms with van der Waals surface area (Å²) in [4.78, 5) is 14.0. The summed E-state index contributed by atoms with van der Waals surface area (Å²) in [5, 5.41) is 18.7. The minimum absolute atomic E-state index is 0.217. The highest BCUT2D eigenvalue weighted by Crippen LogP contribution is 2.40. The maximum absolute atomic E-state index is 14.4. The maximum atomic E-state index is 14.4. The third-order valence-corrected chi connectivity index (χ3v) is 3.24. The molecule has 1 aliphatic heterocycles. The number of aromatic amines is 1. The first-order valence-corrected chi connectivity index (χ1v) is 5.73. The fraction of sp³-hybridized carbons (Fsp3) is 0.600. The number of halogens is 1. The number of aliphatic hydroxyl groups is 2. The average molecular weight is 276 g/mol. The van der Waals surface area contributed by atoms with E-state index in [1.54, 1.807) is 0 Å². The molecule has 1 fully saturated rings. The summed E-state index contributed by atoms with van der Waals surface area (Å²) in [6.45, 7) is 0.584. The third kappa shape index (κ3) is 2.01. The van der Waals surface area contributed by atoms with Gasteiger partial charge in [-0.15, -0.1) is 0 Å². The van der Waals surface area contributed by atoms with Crippen LogP contribution >= 0.6 is 12.2 Å². The minimum atomic E-state index is -2.19. The molecule has 100 valence electrons. The van der Waals surface area contributed by atoms with E-state index in [1.807, 2.05) is 0 Å². The first kappa shape index (κ1) is 13.3. The standard InChI is InChI=1S/C10H13FN2O4S/c1-10(11)7(15)5(4-14)17-8(10)13-3-2-6(18)12-9(13)16/h2-3,5,7-8,14-15H,4H2,1H3,(H,12,16,18)/t5?,7-,8?,10?/m0/s1. The van der Waals surface area contributed by atoms with Gasteiger partial charge in [-0.05, 0) is 13.0 Å². The molecule has 3 unspecified atom stereocenters. The number of nitrogens with one attached hydrogen (secondary N) is 1. The van der Waals surface area contributed by atoms with Crippen LogP contribution in [0.3, 0.4) is 0 Å².